The average Bonchev–Trinajstić information content (AvgIpc) is 2.68. The van der Waals surface area contributed by atoms with Crippen molar-refractivity contribution in [1.29, 1.82) is 0 Å². The molecule has 0 saturated heterocycles. The van der Waals surface area contributed by atoms with Gasteiger partial charge in [0.2, 0.25) is 23.6 Å². The molecule has 0 aliphatic rings. The average molecular weight is 458 g/mol. The van der Waals surface area contributed by atoms with Gasteiger partial charge in [-0.05, 0) is 24.2 Å². The quantitative estimate of drug-likeness (QED) is 0.202. The molecule has 0 aromatic rings. The zero-order valence-electron chi connectivity index (χ0n) is 19.8. The maximum atomic E-state index is 13.0. The van der Waals surface area contributed by atoms with E-state index >= 15 is 0 Å². The number of hydrogen-bond acceptors (Lipinski definition) is 6. The number of rotatable bonds is 14. The highest BCUT2D eigenvalue weighted by Gasteiger charge is 2.33. The molecule has 0 aliphatic heterocycles. The zero-order valence-corrected chi connectivity index (χ0v) is 19.8. The third-order valence-corrected chi connectivity index (χ3v) is 5.17. The molecule has 0 heterocycles. The third kappa shape index (κ3) is 10.1. The summed E-state index contributed by atoms with van der Waals surface area (Å²) in [5.41, 5.74) is 10.9. The Labute approximate surface area is 189 Å². The van der Waals surface area contributed by atoms with Crippen LogP contribution in [0.4, 0.5) is 0 Å². The Morgan fingerprint density at radius 1 is 0.844 bits per heavy atom. The van der Waals surface area contributed by atoms with Crippen LogP contribution in [0.5, 0.6) is 0 Å². The lowest BCUT2D eigenvalue weighted by molar-refractivity contribution is -0.144. The van der Waals surface area contributed by atoms with Gasteiger partial charge in [-0.25, -0.2) is 4.79 Å². The van der Waals surface area contributed by atoms with E-state index in [4.69, 9.17) is 11.5 Å². The van der Waals surface area contributed by atoms with Crippen LogP contribution in [-0.2, 0) is 24.0 Å². The standard InChI is InChI=1S/C21H39N5O6/c1-7-12(6)17(26-19(29)16(23)11(4)5)20(30)24-13(8-10(2)3)18(28)25-14(21(31)32)9-15(22)27/h10-14,16-17H,7-9,23H2,1-6H3,(H2,22,27)(H,24,30)(H,25,28)(H,26,29)(H,31,32). The van der Waals surface area contributed by atoms with Crippen molar-refractivity contribution in [2.75, 3.05) is 0 Å². The highest BCUT2D eigenvalue weighted by Crippen LogP contribution is 2.12. The second-order valence-electron chi connectivity index (χ2n) is 8.90. The van der Waals surface area contributed by atoms with Gasteiger partial charge in [-0.2, -0.15) is 0 Å². The van der Waals surface area contributed by atoms with E-state index in [1.807, 2.05) is 20.8 Å². The molecule has 5 unspecified atom stereocenters. The van der Waals surface area contributed by atoms with Crippen molar-refractivity contribution < 1.29 is 29.1 Å². The fraction of sp³-hybridized carbons (Fsp3) is 0.762. The summed E-state index contributed by atoms with van der Waals surface area (Å²) in [7, 11) is 0. The number of nitrogens with two attached hydrogens (primary N) is 2. The van der Waals surface area contributed by atoms with Gasteiger partial charge in [0, 0.05) is 0 Å². The Morgan fingerprint density at radius 2 is 1.38 bits per heavy atom. The van der Waals surface area contributed by atoms with Gasteiger partial charge in [0.15, 0.2) is 0 Å². The van der Waals surface area contributed by atoms with Crippen LogP contribution in [0.25, 0.3) is 0 Å². The molecule has 0 rings (SSSR count). The minimum atomic E-state index is -1.51. The predicted molar refractivity (Wildman–Crippen MR) is 119 cm³/mol. The molecule has 0 bridgehead atoms. The first kappa shape index (κ1) is 29.3. The monoisotopic (exact) mass is 457 g/mol. The van der Waals surface area contributed by atoms with E-state index in [1.165, 1.54) is 0 Å². The van der Waals surface area contributed by atoms with Crippen molar-refractivity contribution in [2.24, 2.45) is 29.2 Å². The summed E-state index contributed by atoms with van der Waals surface area (Å²) in [6.45, 7) is 10.9. The number of aliphatic carboxylic acids is 1. The summed E-state index contributed by atoms with van der Waals surface area (Å²) in [6, 6.07) is -4.31. The van der Waals surface area contributed by atoms with Gasteiger partial charge in [-0.15, -0.1) is 0 Å². The molecule has 0 radical (unpaired) electrons. The number of amides is 4. The van der Waals surface area contributed by atoms with Crippen LogP contribution >= 0.6 is 0 Å². The lowest BCUT2D eigenvalue weighted by Gasteiger charge is -2.29. The minimum Gasteiger partial charge on any atom is -0.480 e. The third-order valence-electron chi connectivity index (χ3n) is 5.17. The van der Waals surface area contributed by atoms with Gasteiger partial charge in [-0.3, -0.25) is 19.2 Å². The number of carboxylic acids is 1. The van der Waals surface area contributed by atoms with Gasteiger partial charge in [0.1, 0.15) is 18.1 Å². The first-order valence-corrected chi connectivity index (χ1v) is 10.9. The van der Waals surface area contributed by atoms with Gasteiger partial charge < -0.3 is 32.5 Å². The summed E-state index contributed by atoms with van der Waals surface area (Å²) >= 11 is 0. The van der Waals surface area contributed by atoms with Gasteiger partial charge in [0.25, 0.3) is 0 Å². The first-order chi connectivity index (χ1) is 14.7. The zero-order chi connectivity index (χ0) is 25.2. The number of nitrogens with one attached hydrogen (secondary N) is 3. The van der Waals surface area contributed by atoms with Crippen LogP contribution in [-0.4, -0.2) is 58.9 Å². The fourth-order valence-electron chi connectivity index (χ4n) is 2.89. The first-order valence-electron chi connectivity index (χ1n) is 10.9. The molecule has 11 nitrogen and oxygen atoms in total. The predicted octanol–water partition coefficient (Wildman–Crippen LogP) is -0.524. The van der Waals surface area contributed by atoms with E-state index in [0.717, 1.165) is 0 Å². The van der Waals surface area contributed by atoms with Gasteiger partial charge >= 0.3 is 5.97 Å². The number of carboxylic acid groups (broad SMARTS) is 1. The Balaban J connectivity index is 5.59. The molecule has 32 heavy (non-hydrogen) atoms. The molecular formula is C21H39N5O6. The summed E-state index contributed by atoms with van der Waals surface area (Å²) in [4.78, 5) is 60.7. The van der Waals surface area contributed by atoms with Crippen molar-refractivity contribution in [3.63, 3.8) is 0 Å². The molecule has 0 fully saturated rings. The maximum Gasteiger partial charge on any atom is 0.326 e. The van der Waals surface area contributed by atoms with Crippen molar-refractivity contribution in [3.8, 4) is 0 Å². The van der Waals surface area contributed by atoms with Crippen LogP contribution in [0.2, 0.25) is 0 Å². The van der Waals surface area contributed by atoms with E-state index < -0.39 is 60.2 Å². The molecular weight excluding hydrogens is 418 g/mol. The van der Waals surface area contributed by atoms with Crippen LogP contribution in [0, 0.1) is 17.8 Å². The summed E-state index contributed by atoms with van der Waals surface area (Å²) in [5.74, 6) is -4.51. The van der Waals surface area contributed by atoms with Crippen molar-refractivity contribution in [1.82, 2.24) is 16.0 Å². The van der Waals surface area contributed by atoms with Gasteiger partial charge in [-0.1, -0.05) is 48.0 Å². The normalized spacial score (nSPS) is 15.9. The molecule has 11 heteroatoms. The smallest absolute Gasteiger partial charge is 0.326 e. The number of carbonyl (C=O) groups excluding carboxylic acids is 4. The van der Waals surface area contributed by atoms with Crippen molar-refractivity contribution in [3.05, 3.63) is 0 Å². The van der Waals surface area contributed by atoms with Crippen LogP contribution < -0.4 is 27.4 Å². The van der Waals surface area contributed by atoms with Crippen LogP contribution in [0.3, 0.4) is 0 Å². The highest BCUT2D eigenvalue weighted by molar-refractivity contribution is 5.95. The second-order valence-corrected chi connectivity index (χ2v) is 8.90. The maximum absolute atomic E-state index is 13.0. The van der Waals surface area contributed by atoms with E-state index in [1.54, 1.807) is 20.8 Å². The molecule has 0 spiro atoms. The molecule has 0 saturated carbocycles. The SMILES string of the molecule is CCC(C)C(NC(=O)C(N)C(C)C)C(=O)NC(CC(C)C)C(=O)NC(CC(N)=O)C(=O)O. The fourth-order valence-corrected chi connectivity index (χ4v) is 2.89. The number of primary amides is 1. The number of hydrogen-bond donors (Lipinski definition) is 6. The molecule has 0 aliphatic carbocycles. The lowest BCUT2D eigenvalue weighted by Crippen LogP contribution is -2.59. The van der Waals surface area contributed by atoms with E-state index in [0.29, 0.717) is 6.42 Å². The topological polar surface area (TPSA) is 194 Å². The molecule has 0 aromatic carbocycles. The highest BCUT2D eigenvalue weighted by atomic mass is 16.4. The van der Waals surface area contributed by atoms with Crippen molar-refractivity contribution in [2.45, 2.75) is 85.0 Å². The van der Waals surface area contributed by atoms with Crippen molar-refractivity contribution >= 4 is 29.6 Å². The number of carbonyl (C=O) groups is 5. The van der Waals surface area contributed by atoms with Gasteiger partial charge in [0.05, 0.1) is 12.5 Å². The van der Waals surface area contributed by atoms with E-state index in [9.17, 15) is 29.1 Å². The Kier molecular flexibility index (Phi) is 12.5. The largest absolute Gasteiger partial charge is 0.480 e. The van der Waals surface area contributed by atoms with E-state index in [-0.39, 0.29) is 24.2 Å². The van der Waals surface area contributed by atoms with E-state index in [2.05, 4.69) is 16.0 Å². The summed E-state index contributed by atoms with van der Waals surface area (Å²) in [6.07, 6.45) is 0.214. The molecule has 4 amide bonds. The Bertz CT molecular complexity index is 682. The molecule has 8 N–H and O–H groups in total. The summed E-state index contributed by atoms with van der Waals surface area (Å²) in [5, 5.41) is 16.8. The van der Waals surface area contributed by atoms with Crippen LogP contribution in [0.15, 0.2) is 0 Å². The molecule has 5 atom stereocenters. The molecule has 0 aromatic heterocycles. The van der Waals surface area contributed by atoms with Crippen LogP contribution in [0.1, 0.15) is 60.8 Å². The Hall–Kier alpha value is -2.69. The minimum absolute atomic E-state index is 0.0172. The second kappa shape index (κ2) is 13.7. The lowest BCUT2D eigenvalue weighted by atomic mass is 9.95. The summed E-state index contributed by atoms with van der Waals surface area (Å²) < 4.78 is 0. The molecule has 184 valence electrons. The Morgan fingerprint density at radius 3 is 1.78 bits per heavy atom.